The first-order valence-corrected chi connectivity index (χ1v) is 6.60. The molecule has 0 bridgehead atoms. The molecule has 5 heteroatoms. The maximum atomic E-state index is 11.7. The van der Waals surface area contributed by atoms with Crippen LogP contribution in [0, 0.1) is 0 Å². The number of aliphatic imine (C=N–C) groups is 1. The Kier molecular flexibility index (Phi) is 2.89. The molecule has 1 aromatic rings. The zero-order valence-corrected chi connectivity index (χ0v) is 11.2. The van der Waals surface area contributed by atoms with Crippen molar-refractivity contribution in [2.45, 2.75) is 25.3 Å². The lowest BCUT2D eigenvalue weighted by molar-refractivity contribution is 0.222. The van der Waals surface area contributed by atoms with Crippen molar-refractivity contribution in [2.75, 3.05) is 19.4 Å². The van der Waals surface area contributed by atoms with Crippen molar-refractivity contribution < 1.29 is 4.79 Å². The van der Waals surface area contributed by atoms with Crippen molar-refractivity contribution in [2.24, 2.45) is 4.99 Å². The largest absolute Gasteiger partial charge is 0.331 e. The Bertz CT molecular complexity index is 550. The maximum absolute atomic E-state index is 11.7. The number of anilines is 1. The highest BCUT2D eigenvalue weighted by atomic mass is 16.2. The Hall–Kier alpha value is -2.04. The van der Waals surface area contributed by atoms with Crippen LogP contribution in [-0.4, -0.2) is 31.0 Å². The van der Waals surface area contributed by atoms with Crippen LogP contribution in [0.2, 0.25) is 0 Å². The van der Waals surface area contributed by atoms with E-state index < -0.39 is 0 Å². The van der Waals surface area contributed by atoms with Gasteiger partial charge in [-0.15, -0.1) is 0 Å². The summed E-state index contributed by atoms with van der Waals surface area (Å²) in [6.07, 6.45) is 3.32. The van der Waals surface area contributed by atoms with E-state index in [1.54, 1.807) is 14.1 Å². The molecule has 1 atom stereocenters. The molecule has 1 aromatic carbocycles. The number of hydrogen-bond acceptors (Lipinski definition) is 3. The van der Waals surface area contributed by atoms with E-state index >= 15 is 0 Å². The molecule has 0 fully saturated rings. The van der Waals surface area contributed by atoms with Gasteiger partial charge in [0.05, 0.1) is 6.04 Å². The molecule has 0 spiro atoms. The van der Waals surface area contributed by atoms with Crippen molar-refractivity contribution in [1.82, 2.24) is 10.2 Å². The molecule has 0 aromatic heterocycles. The second kappa shape index (κ2) is 4.57. The molecule has 2 aliphatic rings. The molecule has 1 unspecified atom stereocenters. The Morgan fingerprint density at radius 2 is 2.32 bits per heavy atom. The van der Waals surface area contributed by atoms with Crippen molar-refractivity contribution in [3.05, 3.63) is 29.3 Å². The van der Waals surface area contributed by atoms with Crippen LogP contribution in [0.3, 0.4) is 0 Å². The topological polar surface area (TPSA) is 56.7 Å². The van der Waals surface area contributed by atoms with E-state index in [0.717, 1.165) is 24.9 Å². The molecule has 2 N–H and O–H groups in total. The van der Waals surface area contributed by atoms with Crippen LogP contribution in [0.25, 0.3) is 0 Å². The number of urea groups is 1. The van der Waals surface area contributed by atoms with E-state index in [2.05, 4.69) is 27.8 Å². The monoisotopic (exact) mass is 258 g/mol. The van der Waals surface area contributed by atoms with E-state index in [-0.39, 0.29) is 12.1 Å². The summed E-state index contributed by atoms with van der Waals surface area (Å²) in [5.74, 6) is 0.551. The first-order chi connectivity index (χ1) is 9.15. The summed E-state index contributed by atoms with van der Waals surface area (Å²) < 4.78 is 0. The van der Waals surface area contributed by atoms with Gasteiger partial charge >= 0.3 is 6.03 Å². The van der Waals surface area contributed by atoms with E-state index in [0.29, 0.717) is 5.96 Å². The summed E-state index contributed by atoms with van der Waals surface area (Å²) >= 11 is 0. The maximum Gasteiger partial charge on any atom is 0.323 e. The summed E-state index contributed by atoms with van der Waals surface area (Å²) in [5.41, 5.74) is 3.76. The van der Waals surface area contributed by atoms with Gasteiger partial charge in [0.2, 0.25) is 5.96 Å². The number of nitrogens with one attached hydrogen (secondary N) is 2. The molecule has 0 radical (unpaired) electrons. The highest BCUT2D eigenvalue weighted by Gasteiger charge is 2.27. The fourth-order valence-corrected chi connectivity index (χ4v) is 2.69. The van der Waals surface area contributed by atoms with Gasteiger partial charge in [-0.2, -0.15) is 0 Å². The zero-order valence-electron chi connectivity index (χ0n) is 11.2. The van der Waals surface area contributed by atoms with E-state index in [1.807, 2.05) is 6.07 Å². The molecular formula is C14H18N4O. The molecule has 0 saturated carbocycles. The van der Waals surface area contributed by atoms with Crippen molar-refractivity contribution in [1.29, 1.82) is 0 Å². The smallest absolute Gasteiger partial charge is 0.323 e. The van der Waals surface area contributed by atoms with Gasteiger partial charge in [0.15, 0.2) is 0 Å². The number of guanidine groups is 1. The number of rotatable bonds is 0. The third-order valence-corrected chi connectivity index (χ3v) is 3.62. The van der Waals surface area contributed by atoms with Crippen LogP contribution in [0.15, 0.2) is 23.2 Å². The SMILES string of the molecule is CN(C)C(=O)NC1=NC2CCCc3cccc(c32)N1. The van der Waals surface area contributed by atoms with E-state index in [4.69, 9.17) is 0 Å². The minimum atomic E-state index is -0.165. The number of hydrogen-bond donors (Lipinski definition) is 2. The fourth-order valence-electron chi connectivity index (χ4n) is 2.69. The lowest BCUT2D eigenvalue weighted by atomic mass is 9.86. The Balaban J connectivity index is 1.89. The number of carbonyl (C=O) groups is 1. The molecule has 1 aliphatic heterocycles. The van der Waals surface area contributed by atoms with Gasteiger partial charge in [-0.3, -0.25) is 5.32 Å². The van der Waals surface area contributed by atoms with Gasteiger partial charge in [0.1, 0.15) is 0 Å². The second-order valence-electron chi connectivity index (χ2n) is 5.21. The lowest BCUT2D eigenvalue weighted by Crippen LogP contribution is -2.43. The van der Waals surface area contributed by atoms with E-state index in [9.17, 15) is 4.79 Å². The van der Waals surface area contributed by atoms with Crippen LogP contribution in [0.4, 0.5) is 10.5 Å². The molecular weight excluding hydrogens is 240 g/mol. The first-order valence-electron chi connectivity index (χ1n) is 6.60. The number of aryl methyl sites for hydroxylation is 1. The standard InChI is InChI=1S/C14H18N4O/c1-18(2)14(19)17-13-15-10-7-3-5-9-6-4-8-11(16-13)12(9)10/h3,5,7,11H,4,6,8H2,1-2H3,(H2,15,16,17,19). The van der Waals surface area contributed by atoms with Crippen LogP contribution in [-0.2, 0) is 6.42 Å². The van der Waals surface area contributed by atoms with Crippen molar-refractivity contribution in [3.63, 3.8) is 0 Å². The Morgan fingerprint density at radius 3 is 3.11 bits per heavy atom. The summed E-state index contributed by atoms with van der Waals surface area (Å²) in [6.45, 7) is 0. The predicted octanol–water partition coefficient (Wildman–Crippen LogP) is 2.12. The van der Waals surface area contributed by atoms with Crippen LogP contribution in [0.1, 0.15) is 30.0 Å². The highest BCUT2D eigenvalue weighted by Crippen LogP contribution is 2.39. The average molecular weight is 258 g/mol. The zero-order chi connectivity index (χ0) is 13.4. The van der Waals surface area contributed by atoms with E-state index in [1.165, 1.54) is 16.0 Å². The van der Waals surface area contributed by atoms with Crippen LogP contribution < -0.4 is 10.6 Å². The highest BCUT2D eigenvalue weighted by molar-refractivity contribution is 6.05. The fraction of sp³-hybridized carbons (Fsp3) is 0.429. The summed E-state index contributed by atoms with van der Waals surface area (Å²) in [4.78, 5) is 17.8. The third-order valence-electron chi connectivity index (χ3n) is 3.62. The molecule has 19 heavy (non-hydrogen) atoms. The van der Waals surface area contributed by atoms with Crippen molar-refractivity contribution in [3.8, 4) is 0 Å². The number of benzene rings is 1. The molecule has 1 aliphatic carbocycles. The molecule has 1 heterocycles. The quantitative estimate of drug-likeness (QED) is 0.749. The van der Waals surface area contributed by atoms with Crippen molar-refractivity contribution >= 4 is 17.7 Å². The van der Waals surface area contributed by atoms with Gasteiger partial charge in [0, 0.05) is 25.3 Å². The van der Waals surface area contributed by atoms with Gasteiger partial charge in [-0.1, -0.05) is 12.1 Å². The summed E-state index contributed by atoms with van der Waals surface area (Å²) in [6, 6.07) is 6.29. The number of nitrogens with zero attached hydrogens (tertiary/aromatic N) is 2. The minimum absolute atomic E-state index is 0.165. The van der Waals surface area contributed by atoms with Gasteiger partial charge in [0.25, 0.3) is 0 Å². The average Bonchev–Trinajstić information content (AvgIpc) is 2.39. The van der Waals surface area contributed by atoms with Gasteiger partial charge in [-0.25, -0.2) is 9.79 Å². The predicted molar refractivity (Wildman–Crippen MR) is 75.4 cm³/mol. The van der Waals surface area contributed by atoms with Crippen LogP contribution >= 0.6 is 0 Å². The molecule has 100 valence electrons. The molecule has 0 saturated heterocycles. The Labute approximate surface area is 112 Å². The normalized spacial score (nSPS) is 19.9. The lowest BCUT2D eigenvalue weighted by Gasteiger charge is -2.30. The van der Waals surface area contributed by atoms with Gasteiger partial charge in [-0.05, 0) is 30.9 Å². The Morgan fingerprint density at radius 1 is 1.47 bits per heavy atom. The third kappa shape index (κ3) is 2.16. The molecule has 5 nitrogen and oxygen atoms in total. The number of amides is 2. The summed E-state index contributed by atoms with van der Waals surface area (Å²) in [7, 11) is 3.43. The molecule has 3 rings (SSSR count). The first kappa shape index (κ1) is 12.0. The summed E-state index contributed by atoms with van der Waals surface area (Å²) in [5, 5.41) is 6.01. The van der Waals surface area contributed by atoms with Gasteiger partial charge < -0.3 is 10.2 Å². The second-order valence-corrected chi connectivity index (χ2v) is 5.21. The minimum Gasteiger partial charge on any atom is -0.331 e. The van der Waals surface area contributed by atoms with Crippen LogP contribution in [0.5, 0.6) is 0 Å². The molecule has 2 amide bonds. The number of carbonyl (C=O) groups excluding carboxylic acids is 1.